The van der Waals surface area contributed by atoms with Gasteiger partial charge in [0.15, 0.2) is 0 Å². The Balaban J connectivity index is 2.14. The highest BCUT2D eigenvalue weighted by Gasteiger charge is 2.17. The predicted octanol–water partition coefficient (Wildman–Crippen LogP) is 3.29. The van der Waals surface area contributed by atoms with Crippen LogP contribution >= 0.6 is 11.6 Å². The lowest BCUT2D eigenvalue weighted by molar-refractivity contribution is 0.0697. The summed E-state index contributed by atoms with van der Waals surface area (Å²) in [5.74, 6) is -1.03. The molecule has 0 aliphatic heterocycles. The number of rotatable bonds is 3. The second-order valence-corrected chi connectivity index (χ2v) is 4.79. The normalized spacial score (nSPS) is 10.5. The fourth-order valence-electron chi connectivity index (χ4n) is 1.98. The SMILES string of the molecule is O=C(O)c1cn(-c2ccncc2)nc1-c1ccc(Cl)cc1. The van der Waals surface area contributed by atoms with E-state index < -0.39 is 5.97 Å². The van der Waals surface area contributed by atoms with E-state index in [1.54, 1.807) is 48.8 Å². The summed E-state index contributed by atoms with van der Waals surface area (Å²) in [6.07, 6.45) is 4.74. The number of aromatic nitrogens is 3. The van der Waals surface area contributed by atoms with Gasteiger partial charge in [0.25, 0.3) is 0 Å². The number of hydrogen-bond acceptors (Lipinski definition) is 3. The third-order valence-electron chi connectivity index (χ3n) is 2.99. The summed E-state index contributed by atoms with van der Waals surface area (Å²) in [6, 6.07) is 10.4. The van der Waals surface area contributed by atoms with Crippen LogP contribution in [0, 0.1) is 0 Å². The Morgan fingerprint density at radius 1 is 1.10 bits per heavy atom. The summed E-state index contributed by atoms with van der Waals surface area (Å²) in [6.45, 7) is 0. The molecule has 0 aliphatic rings. The lowest BCUT2D eigenvalue weighted by Crippen LogP contribution is -1.96. The minimum Gasteiger partial charge on any atom is -0.478 e. The fraction of sp³-hybridized carbons (Fsp3) is 0. The number of nitrogens with zero attached hydrogens (tertiary/aromatic N) is 3. The molecule has 0 unspecified atom stereocenters. The van der Waals surface area contributed by atoms with Gasteiger partial charge in [-0.05, 0) is 24.3 Å². The molecule has 1 aromatic carbocycles. The van der Waals surface area contributed by atoms with Crippen molar-refractivity contribution in [2.75, 3.05) is 0 Å². The molecule has 0 radical (unpaired) electrons. The molecule has 3 rings (SSSR count). The number of halogens is 1. The van der Waals surface area contributed by atoms with E-state index in [9.17, 15) is 9.90 Å². The first kappa shape index (κ1) is 13.3. The van der Waals surface area contributed by atoms with E-state index in [0.717, 1.165) is 5.69 Å². The predicted molar refractivity (Wildman–Crippen MR) is 78.8 cm³/mol. The van der Waals surface area contributed by atoms with Gasteiger partial charge in [0.2, 0.25) is 0 Å². The van der Waals surface area contributed by atoms with Crippen LogP contribution in [0.2, 0.25) is 5.02 Å². The van der Waals surface area contributed by atoms with E-state index >= 15 is 0 Å². The van der Waals surface area contributed by atoms with E-state index in [1.165, 1.54) is 10.9 Å². The van der Waals surface area contributed by atoms with Crippen LogP contribution in [0.5, 0.6) is 0 Å². The van der Waals surface area contributed by atoms with Gasteiger partial charge in [-0.3, -0.25) is 4.98 Å². The maximum atomic E-state index is 11.4. The van der Waals surface area contributed by atoms with Gasteiger partial charge in [-0.2, -0.15) is 5.10 Å². The molecule has 2 heterocycles. The highest BCUT2D eigenvalue weighted by Crippen LogP contribution is 2.25. The molecule has 2 aromatic heterocycles. The van der Waals surface area contributed by atoms with E-state index in [0.29, 0.717) is 16.3 Å². The zero-order chi connectivity index (χ0) is 14.8. The number of carboxylic acids is 1. The number of carboxylic acid groups (broad SMARTS) is 1. The Morgan fingerprint density at radius 3 is 2.38 bits per heavy atom. The van der Waals surface area contributed by atoms with Gasteiger partial charge in [-0.25, -0.2) is 9.48 Å². The van der Waals surface area contributed by atoms with E-state index in [-0.39, 0.29) is 5.56 Å². The van der Waals surface area contributed by atoms with Crippen molar-refractivity contribution >= 4 is 17.6 Å². The van der Waals surface area contributed by atoms with Crippen LogP contribution in [-0.4, -0.2) is 25.8 Å². The third kappa shape index (κ3) is 2.64. The van der Waals surface area contributed by atoms with Crippen molar-refractivity contribution in [3.63, 3.8) is 0 Å². The molecule has 0 aliphatic carbocycles. The van der Waals surface area contributed by atoms with Crippen molar-refractivity contribution in [1.82, 2.24) is 14.8 Å². The first-order valence-corrected chi connectivity index (χ1v) is 6.52. The maximum absolute atomic E-state index is 11.4. The summed E-state index contributed by atoms with van der Waals surface area (Å²) in [4.78, 5) is 15.3. The molecule has 3 aromatic rings. The lowest BCUT2D eigenvalue weighted by Gasteiger charge is -2.00. The van der Waals surface area contributed by atoms with E-state index in [4.69, 9.17) is 11.6 Å². The molecule has 0 fully saturated rings. The summed E-state index contributed by atoms with van der Waals surface area (Å²) in [5, 5.41) is 14.3. The zero-order valence-electron chi connectivity index (χ0n) is 10.8. The summed E-state index contributed by atoms with van der Waals surface area (Å²) in [5.41, 5.74) is 1.97. The van der Waals surface area contributed by atoms with Gasteiger partial charge in [0, 0.05) is 29.2 Å². The number of carbonyl (C=O) groups is 1. The first-order chi connectivity index (χ1) is 10.1. The standard InChI is InChI=1S/C15H10ClN3O2/c16-11-3-1-10(2-4-11)14-13(15(20)21)9-19(18-14)12-5-7-17-8-6-12/h1-9H,(H,20,21). The average Bonchev–Trinajstić information content (AvgIpc) is 2.94. The van der Waals surface area contributed by atoms with Crippen LogP contribution in [0.4, 0.5) is 0 Å². The molecule has 0 atom stereocenters. The lowest BCUT2D eigenvalue weighted by atomic mass is 10.1. The minimum atomic E-state index is -1.03. The highest BCUT2D eigenvalue weighted by molar-refractivity contribution is 6.30. The Kier molecular flexibility index (Phi) is 3.41. The summed E-state index contributed by atoms with van der Waals surface area (Å²) in [7, 11) is 0. The van der Waals surface area contributed by atoms with Crippen molar-refractivity contribution in [1.29, 1.82) is 0 Å². The van der Waals surface area contributed by atoms with Gasteiger partial charge in [0.1, 0.15) is 11.3 Å². The van der Waals surface area contributed by atoms with Crippen LogP contribution in [-0.2, 0) is 0 Å². The fourth-order valence-corrected chi connectivity index (χ4v) is 2.11. The molecular formula is C15H10ClN3O2. The van der Waals surface area contributed by atoms with Crippen molar-refractivity contribution < 1.29 is 9.90 Å². The topological polar surface area (TPSA) is 68.0 Å². The number of benzene rings is 1. The molecule has 1 N–H and O–H groups in total. The zero-order valence-corrected chi connectivity index (χ0v) is 11.5. The van der Waals surface area contributed by atoms with E-state index in [1.807, 2.05) is 0 Å². The van der Waals surface area contributed by atoms with Gasteiger partial charge >= 0.3 is 5.97 Å². The van der Waals surface area contributed by atoms with Crippen molar-refractivity contribution in [2.45, 2.75) is 0 Å². The number of aromatic carboxylic acids is 1. The molecule has 6 heteroatoms. The largest absolute Gasteiger partial charge is 0.478 e. The van der Waals surface area contributed by atoms with Crippen LogP contribution < -0.4 is 0 Å². The molecule has 0 saturated heterocycles. The molecule has 21 heavy (non-hydrogen) atoms. The maximum Gasteiger partial charge on any atom is 0.339 e. The minimum absolute atomic E-state index is 0.133. The number of hydrogen-bond donors (Lipinski definition) is 1. The first-order valence-electron chi connectivity index (χ1n) is 6.14. The number of pyridine rings is 1. The van der Waals surface area contributed by atoms with Crippen LogP contribution in [0.1, 0.15) is 10.4 Å². The Labute approximate surface area is 125 Å². The van der Waals surface area contributed by atoms with Gasteiger partial charge in [0.05, 0.1) is 5.69 Å². The molecule has 5 nitrogen and oxygen atoms in total. The smallest absolute Gasteiger partial charge is 0.339 e. The van der Waals surface area contributed by atoms with Crippen LogP contribution in [0.15, 0.2) is 55.0 Å². The van der Waals surface area contributed by atoms with E-state index in [2.05, 4.69) is 10.1 Å². The second kappa shape index (κ2) is 5.38. The second-order valence-electron chi connectivity index (χ2n) is 4.35. The van der Waals surface area contributed by atoms with Crippen LogP contribution in [0.3, 0.4) is 0 Å². The quantitative estimate of drug-likeness (QED) is 0.806. The Morgan fingerprint density at radius 2 is 1.76 bits per heavy atom. The third-order valence-corrected chi connectivity index (χ3v) is 3.24. The van der Waals surface area contributed by atoms with Crippen molar-refractivity contribution in [2.24, 2.45) is 0 Å². The Hall–Kier alpha value is -2.66. The van der Waals surface area contributed by atoms with Gasteiger partial charge < -0.3 is 5.11 Å². The summed E-state index contributed by atoms with van der Waals surface area (Å²) < 4.78 is 1.52. The van der Waals surface area contributed by atoms with Gasteiger partial charge in [-0.15, -0.1) is 0 Å². The van der Waals surface area contributed by atoms with Crippen molar-refractivity contribution in [3.05, 3.63) is 65.6 Å². The summed E-state index contributed by atoms with van der Waals surface area (Å²) >= 11 is 5.85. The van der Waals surface area contributed by atoms with Crippen molar-refractivity contribution in [3.8, 4) is 16.9 Å². The monoisotopic (exact) mass is 299 g/mol. The van der Waals surface area contributed by atoms with Crippen LogP contribution in [0.25, 0.3) is 16.9 Å². The highest BCUT2D eigenvalue weighted by atomic mass is 35.5. The molecule has 104 valence electrons. The average molecular weight is 300 g/mol. The molecule has 0 saturated carbocycles. The molecular weight excluding hydrogens is 290 g/mol. The molecule has 0 bridgehead atoms. The Bertz CT molecular complexity index is 782. The molecule has 0 spiro atoms. The van der Waals surface area contributed by atoms with Gasteiger partial charge in [-0.1, -0.05) is 23.7 Å². The molecule has 0 amide bonds.